The van der Waals surface area contributed by atoms with Crippen LogP contribution in [0.15, 0.2) is 6.07 Å². The van der Waals surface area contributed by atoms with E-state index in [1.165, 1.54) is 10.4 Å². The first-order valence-corrected chi connectivity index (χ1v) is 8.86. The normalized spacial score (nSPS) is 37.0. The first-order chi connectivity index (χ1) is 10.1. The van der Waals surface area contributed by atoms with Gasteiger partial charge in [0.15, 0.2) is 0 Å². The third-order valence-electron chi connectivity index (χ3n) is 5.28. The summed E-state index contributed by atoms with van der Waals surface area (Å²) in [5.74, 6) is 0. The van der Waals surface area contributed by atoms with Gasteiger partial charge in [0.25, 0.3) is 0 Å². The van der Waals surface area contributed by atoms with Gasteiger partial charge < -0.3 is 10.1 Å². The number of ether oxygens (including phenoxy) is 1. The quantitative estimate of drug-likeness (QED) is 0.859. The van der Waals surface area contributed by atoms with Gasteiger partial charge in [-0.3, -0.25) is 0 Å². The lowest BCUT2D eigenvalue weighted by atomic mass is 9.76. The number of halogens is 1. The largest absolute Gasteiger partial charge is 0.369 e. The van der Waals surface area contributed by atoms with Crippen molar-refractivity contribution < 1.29 is 4.74 Å². The Kier molecular flexibility index (Phi) is 3.14. The second-order valence-corrected chi connectivity index (χ2v) is 8.48. The number of nitrogens with zero attached hydrogens (tertiary/aromatic N) is 1. The molecule has 0 aromatic carbocycles. The van der Waals surface area contributed by atoms with E-state index >= 15 is 0 Å². The highest BCUT2D eigenvalue weighted by Crippen LogP contribution is 2.55. The summed E-state index contributed by atoms with van der Waals surface area (Å²) in [5.41, 5.74) is 0.961. The zero-order chi connectivity index (χ0) is 14.7. The first kappa shape index (κ1) is 14.0. The van der Waals surface area contributed by atoms with Gasteiger partial charge in [0.2, 0.25) is 0 Å². The van der Waals surface area contributed by atoms with Gasteiger partial charge in [-0.2, -0.15) is 5.26 Å². The topological polar surface area (TPSA) is 45.0 Å². The molecule has 2 fully saturated rings. The van der Waals surface area contributed by atoms with E-state index in [9.17, 15) is 5.26 Å². The minimum absolute atomic E-state index is 0.163. The van der Waals surface area contributed by atoms with Crippen LogP contribution in [0.25, 0.3) is 0 Å². The molecular formula is C16H19ClN2OS. The van der Waals surface area contributed by atoms with Crippen LogP contribution in [0.4, 0.5) is 0 Å². The van der Waals surface area contributed by atoms with Crippen LogP contribution in [0.2, 0.25) is 4.34 Å². The molecule has 1 spiro atoms. The summed E-state index contributed by atoms with van der Waals surface area (Å²) in [7, 11) is 0. The molecule has 0 radical (unpaired) electrons. The maximum atomic E-state index is 9.53. The number of thiophene rings is 1. The highest BCUT2D eigenvalue weighted by Gasteiger charge is 2.56. The minimum atomic E-state index is -0.229. The summed E-state index contributed by atoms with van der Waals surface area (Å²) in [5, 5.41) is 13.2. The molecular weight excluding hydrogens is 304 g/mol. The van der Waals surface area contributed by atoms with Crippen molar-refractivity contribution in [2.24, 2.45) is 5.41 Å². The molecule has 3 heterocycles. The summed E-state index contributed by atoms with van der Waals surface area (Å²) in [4.78, 5) is 1.31. The molecule has 4 rings (SSSR count). The summed E-state index contributed by atoms with van der Waals surface area (Å²) in [6, 6.07) is 5.25. The van der Waals surface area contributed by atoms with Gasteiger partial charge in [0.1, 0.15) is 5.60 Å². The fourth-order valence-electron chi connectivity index (χ4n) is 4.09. The van der Waals surface area contributed by atoms with Crippen LogP contribution in [0.5, 0.6) is 0 Å². The molecule has 21 heavy (non-hydrogen) atoms. The Bertz CT molecular complexity index is 618. The second kappa shape index (κ2) is 4.70. The van der Waals surface area contributed by atoms with Gasteiger partial charge in [-0.05, 0) is 50.7 Å². The Morgan fingerprint density at radius 1 is 1.48 bits per heavy atom. The molecule has 3 nitrogen and oxygen atoms in total. The van der Waals surface area contributed by atoms with Crippen LogP contribution < -0.4 is 5.32 Å². The van der Waals surface area contributed by atoms with Crippen LogP contribution in [0.3, 0.4) is 0 Å². The molecule has 1 unspecified atom stereocenters. The van der Waals surface area contributed by atoms with Gasteiger partial charge in [0.05, 0.1) is 22.4 Å². The molecule has 0 amide bonds. The Morgan fingerprint density at radius 3 is 3.00 bits per heavy atom. The van der Waals surface area contributed by atoms with Crippen molar-refractivity contribution in [1.82, 2.24) is 5.32 Å². The molecule has 0 bridgehead atoms. The lowest BCUT2D eigenvalue weighted by molar-refractivity contribution is -0.0991. The molecule has 3 atom stereocenters. The van der Waals surface area contributed by atoms with E-state index in [2.05, 4.69) is 24.4 Å². The molecule has 1 saturated carbocycles. The molecule has 2 aliphatic heterocycles. The Hall–Kier alpha value is -0.600. The predicted octanol–water partition coefficient (Wildman–Crippen LogP) is 3.61. The van der Waals surface area contributed by atoms with E-state index in [-0.39, 0.29) is 17.1 Å². The third-order valence-corrected chi connectivity index (χ3v) is 6.77. The van der Waals surface area contributed by atoms with E-state index in [0.29, 0.717) is 6.04 Å². The molecule has 1 aromatic rings. The average Bonchev–Trinajstić information content (AvgIpc) is 3.15. The molecule has 1 aliphatic carbocycles. The number of nitriles is 1. The van der Waals surface area contributed by atoms with Crippen molar-refractivity contribution in [3.63, 3.8) is 0 Å². The Labute approximate surface area is 134 Å². The van der Waals surface area contributed by atoms with Gasteiger partial charge in [0, 0.05) is 17.0 Å². The smallest absolute Gasteiger partial charge is 0.106 e. The summed E-state index contributed by atoms with van der Waals surface area (Å²) >= 11 is 7.92. The number of piperidine rings is 1. The third kappa shape index (κ3) is 2.14. The van der Waals surface area contributed by atoms with E-state index in [4.69, 9.17) is 16.3 Å². The van der Waals surface area contributed by atoms with Crippen molar-refractivity contribution in [2.75, 3.05) is 6.61 Å². The zero-order valence-electron chi connectivity index (χ0n) is 12.1. The molecule has 1 aromatic heterocycles. The van der Waals surface area contributed by atoms with Crippen molar-refractivity contribution in [3.05, 3.63) is 20.8 Å². The number of rotatable bonds is 1. The average molecular weight is 323 g/mol. The van der Waals surface area contributed by atoms with Crippen molar-refractivity contribution in [2.45, 2.75) is 56.7 Å². The number of hydrogen-bond acceptors (Lipinski definition) is 4. The van der Waals surface area contributed by atoms with Crippen LogP contribution in [-0.2, 0) is 16.8 Å². The number of nitrogens with one attached hydrogen (secondary N) is 1. The SMILES string of the molecule is C[C@H]1C[C@@]2(CC(C3(C#N)CC3)N1)OCCc1cc(Cl)sc12. The van der Waals surface area contributed by atoms with Crippen LogP contribution >= 0.6 is 22.9 Å². The fraction of sp³-hybridized carbons (Fsp3) is 0.688. The molecule has 3 aliphatic rings. The maximum Gasteiger partial charge on any atom is 0.106 e. The van der Waals surface area contributed by atoms with Gasteiger partial charge in [-0.15, -0.1) is 11.3 Å². The van der Waals surface area contributed by atoms with Crippen molar-refractivity contribution >= 4 is 22.9 Å². The van der Waals surface area contributed by atoms with E-state index in [0.717, 1.165) is 43.0 Å². The standard InChI is InChI=1S/C16H19ClN2OS/c1-10-7-16(8-12(19-10)15(9-18)3-4-15)14-11(2-5-20-16)6-13(17)21-14/h6,10,12,19H,2-5,7-8H2,1H3/t10-,12?,16-/m0/s1. The number of fused-ring (bicyclic) bond motifs is 2. The first-order valence-electron chi connectivity index (χ1n) is 7.67. The van der Waals surface area contributed by atoms with Crippen LogP contribution in [0, 0.1) is 16.7 Å². The van der Waals surface area contributed by atoms with E-state index < -0.39 is 0 Å². The second-order valence-electron chi connectivity index (χ2n) is 6.79. The number of hydrogen-bond donors (Lipinski definition) is 1. The Morgan fingerprint density at radius 2 is 2.29 bits per heavy atom. The predicted molar refractivity (Wildman–Crippen MR) is 83.6 cm³/mol. The zero-order valence-corrected chi connectivity index (χ0v) is 13.7. The monoisotopic (exact) mass is 322 g/mol. The molecule has 1 saturated heterocycles. The van der Waals surface area contributed by atoms with Crippen molar-refractivity contribution in [1.29, 1.82) is 5.26 Å². The summed E-state index contributed by atoms with van der Waals surface area (Å²) < 4.78 is 7.17. The molecule has 5 heteroatoms. The van der Waals surface area contributed by atoms with Gasteiger partial charge in [-0.1, -0.05) is 11.6 Å². The molecule has 112 valence electrons. The van der Waals surface area contributed by atoms with Crippen LogP contribution in [-0.4, -0.2) is 18.7 Å². The summed E-state index contributed by atoms with van der Waals surface area (Å²) in [6.07, 6.45) is 4.85. The van der Waals surface area contributed by atoms with Crippen LogP contribution in [0.1, 0.15) is 43.0 Å². The van der Waals surface area contributed by atoms with Crippen molar-refractivity contribution in [3.8, 4) is 6.07 Å². The Balaban J connectivity index is 1.73. The maximum absolute atomic E-state index is 9.53. The van der Waals surface area contributed by atoms with E-state index in [1.54, 1.807) is 11.3 Å². The van der Waals surface area contributed by atoms with Gasteiger partial charge in [-0.25, -0.2) is 0 Å². The van der Waals surface area contributed by atoms with E-state index in [1.807, 2.05) is 0 Å². The minimum Gasteiger partial charge on any atom is -0.369 e. The lowest BCUT2D eigenvalue weighted by Crippen LogP contribution is -2.56. The highest BCUT2D eigenvalue weighted by atomic mass is 35.5. The lowest BCUT2D eigenvalue weighted by Gasteiger charge is -2.47. The molecule has 1 N–H and O–H groups in total. The highest BCUT2D eigenvalue weighted by molar-refractivity contribution is 7.16. The summed E-state index contributed by atoms with van der Waals surface area (Å²) in [6.45, 7) is 2.97. The van der Waals surface area contributed by atoms with Gasteiger partial charge >= 0.3 is 0 Å². The fourth-order valence-corrected chi connectivity index (χ4v) is 5.55.